The van der Waals surface area contributed by atoms with Crippen molar-refractivity contribution in [2.24, 2.45) is 0 Å². The first-order chi connectivity index (χ1) is 18.3. The Morgan fingerprint density at radius 1 is 0.436 bits per heavy atom. The highest BCUT2D eigenvalue weighted by atomic mass is 19.1. The van der Waals surface area contributed by atoms with Gasteiger partial charge in [-0.2, -0.15) is 0 Å². The Bertz CT molecular complexity index is 1140. The van der Waals surface area contributed by atoms with E-state index < -0.39 is 17.9 Å². The smallest absolute Gasteiger partial charge is 0.335 e. The average Bonchev–Trinajstić information content (AvgIpc) is 2.90. The van der Waals surface area contributed by atoms with Gasteiger partial charge in [-0.25, -0.2) is 27.6 Å². The number of nitrogen functional groups attached to an aromatic ring is 3. The summed E-state index contributed by atoms with van der Waals surface area (Å²) in [7, 11) is 0. The minimum absolute atomic E-state index is 0.251. The lowest BCUT2D eigenvalue weighted by molar-refractivity contribution is 0.0696. The van der Waals surface area contributed by atoms with Gasteiger partial charge in [0.2, 0.25) is 0 Å². The van der Waals surface area contributed by atoms with Crippen LogP contribution in [0.1, 0.15) is 31.1 Å². The Kier molecular flexibility index (Phi) is 12.6. The van der Waals surface area contributed by atoms with Crippen LogP contribution in [0, 0.1) is 17.5 Å². The fourth-order valence-corrected chi connectivity index (χ4v) is 2.39. The molecule has 0 heterocycles. The van der Waals surface area contributed by atoms with Gasteiger partial charge in [-0.05, 0) is 91.0 Å². The molecule has 0 aliphatic carbocycles. The van der Waals surface area contributed by atoms with Crippen LogP contribution in [0.25, 0.3) is 0 Å². The molecule has 12 heteroatoms. The van der Waals surface area contributed by atoms with E-state index in [-0.39, 0.29) is 34.1 Å². The number of aromatic carboxylic acids is 3. The number of anilines is 3. The van der Waals surface area contributed by atoms with Crippen LogP contribution in [0.15, 0.2) is 91.0 Å². The first kappa shape index (κ1) is 31.5. The molecule has 0 amide bonds. The van der Waals surface area contributed by atoms with E-state index in [1.54, 1.807) is 0 Å². The Hall–Kier alpha value is -5.52. The third-order valence-electron chi connectivity index (χ3n) is 4.28. The lowest BCUT2D eigenvalue weighted by Gasteiger charge is -2.00. The van der Waals surface area contributed by atoms with E-state index in [0.29, 0.717) is 17.1 Å². The Balaban J connectivity index is 0.000000273. The van der Waals surface area contributed by atoms with Crippen LogP contribution in [0.5, 0.6) is 0 Å². The number of carboxylic acids is 3. The zero-order valence-electron chi connectivity index (χ0n) is 20.1. The number of nitrogens with two attached hydrogens (primary N) is 3. The summed E-state index contributed by atoms with van der Waals surface area (Å²) in [6, 6.07) is 19.8. The summed E-state index contributed by atoms with van der Waals surface area (Å²) in [5.41, 5.74) is 16.4. The van der Waals surface area contributed by atoms with Crippen molar-refractivity contribution in [3.05, 3.63) is 125 Å². The molecule has 9 N–H and O–H groups in total. The molecule has 4 aromatic carbocycles. The second kappa shape index (κ2) is 15.6. The second-order valence-corrected chi connectivity index (χ2v) is 7.37. The third-order valence-corrected chi connectivity index (χ3v) is 4.28. The van der Waals surface area contributed by atoms with Gasteiger partial charge < -0.3 is 32.5 Å². The highest BCUT2D eigenvalue weighted by molar-refractivity contribution is 5.98. The van der Waals surface area contributed by atoms with Gasteiger partial charge in [0.1, 0.15) is 17.5 Å². The molecule has 4 rings (SSSR count). The zero-order valence-corrected chi connectivity index (χ0v) is 20.1. The number of carboxylic acid groups (broad SMARTS) is 3. The summed E-state index contributed by atoms with van der Waals surface area (Å²) in [4.78, 5) is 31.7. The van der Waals surface area contributed by atoms with Gasteiger partial charge >= 0.3 is 17.9 Å². The molecule has 0 unspecified atom stereocenters. The maximum Gasteiger partial charge on any atom is 0.335 e. The molecular weight excluding hydrogens is 519 g/mol. The molecule has 0 aliphatic rings. The highest BCUT2D eigenvalue weighted by Crippen LogP contribution is 2.11. The molecule has 0 saturated carbocycles. The summed E-state index contributed by atoms with van der Waals surface area (Å²) < 4.78 is 36.1. The van der Waals surface area contributed by atoms with E-state index >= 15 is 0 Å². The van der Waals surface area contributed by atoms with Gasteiger partial charge in [-0.3, -0.25) is 0 Å². The number of benzene rings is 4. The monoisotopic (exact) mass is 543 g/mol. The number of hydrogen-bond acceptors (Lipinski definition) is 6. The van der Waals surface area contributed by atoms with Crippen molar-refractivity contribution in [2.75, 3.05) is 17.2 Å². The van der Waals surface area contributed by atoms with Crippen molar-refractivity contribution >= 4 is 35.0 Å². The van der Waals surface area contributed by atoms with E-state index in [2.05, 4.69) is 0 Å². The van der Waals surface area contributed by atoms with Crippen molar-refractivity contribution < 1.29 is 42.9 Å². The number of halogens is 3. The molecule has 9 nitrogen and oxygen atoms in total. The van der Waals surface area contributed by atoms with Gasteiger partial charge in [0.25, 0.3) is 0 Å². The minimum Gasteiger partial charge on any atom is -0.478 e. The Morgan fingerprint density at radius 2 is 0.615 bits per heavy atom. The fourth-order valence-electron chi connectivity index (χ4n) is 2.39. The van der Waals surface area contributed by atoms with Crippen molar-refractivity contribution in [3.8, 4) is 0 Å². The minimum atomic E-state index is -1.37. The largest absolute Gasteiger partial charge is 0.478 e. The standard InChI is InChI=1S/C9H6O6.3C6H6FN/c10-7(11)4-1-5(8(12)13)3-6(2-4)9(14)15;3*7-5-1-3-6(8)4-2-5/h1-3H,(H,10,11)(H,12,13)(H,14,15);3*1-4H,8H2. The number of rotatable bonds is 3. The summed E-state index contributed by atoms with van der Waals surface area (Å²) in [5, 5.41) is 25.8. The average molecular weight is 543 g/mol. The van der Waals surface area contributed by atoms with Crippen LogP contribution in [0.4, 0.5) is 30.2 Å². The Morgan fingerprint density at radius 3 is 0.744 bits per heavy atom. The summed E-state index contributed by atoms with van der Waals surface area (Å²) in [6.07, 6.45) is 0. The maximum atomic E-state index is 12.0. The van der Waals surface area contributed by atoms with Gasteiger partial charge in [-0.15, -0.1) is 0 Å². The zero-order chi connectivity index (χ0) is 29.5. The van der Waals surface area contributed by atoms with Gasteiger partial charge in [0.05, 0.1) is 16.7 Å². The van der Waals surface area contributed by atoms with Crippen LogP contribution in [-0.4, -0.2) is 33.2 Å². The molecule has 39 heavy (non-hydrogen) atoms. The summed E-state index contributed by atoms with van der Waals surface area (Å²) in [5.74, 6) is -4.88. The van der Waals surface area contributed by atoms with E-state index in [1.165, 1.54) is 72.8 Å². The Labute approximate surface area is 220 Å². The molecule has 0 bridgehead atoms. The maximum absolute atomic E-state index is 12.0. The van der Waals surface area contributed by atoms with Crippen LogP contribution in [0.3, 0.4) is 0 Å². The molecule has 0 atom stereocenters. The number of carbonyl (C=O) groups is 3. The second-order valence-electron chi connectivity index (χ2n) is 7.37. The lowest BCUT2D eigenvalue weighted by Crippen LogP contribution is -2.07. The highest BCUT2D eigenvalue weighted by Gasteiger charge is 2.14. The topological polar surface area (TPSA) is 190 Å². The van der Waals surface area contributed by atoms with Gasteiger partial charge in [0, 0.05) is 17.1 Å². The summed E-state index contributed by atoms with van der Waals surface area (Å²) in [6.45, 7) is 0. The quantitative estimate of drug-likeness (QED) is 0.193. The van der Waals surface area contributed by atoms with Gasteiger partial charge in [0.15, 0.2) is 0 Å². The van der Waals surface area contributed by atoms with Crippen molar-refractivity contribution in [1.82, 2.24) is 0 Å². The van der Waals surface area contributed by atoms with E-state index in [9.17, 15) is 27.6 Å². The lowest BCUT2D eigenvalue weighted by atomic mass is 10.1. The third kappa shape index (κ3) is 12.8. The van der Waals surface area contributed by atoms with Crippen molar-refractivity contribution in [2.45, 2.75) is 0 Å². The normalized spacial score (nSPS) is 9.31. The fraction of sp³-hybridized carbons (Fsp3) is 0. The molecule has 204 valence electrons. The van der Waals surface area contributed by atoms with E-state index in [0.717, 1.165) is 18.2 Å². The molecule has 0 spiro atoms. The van der Waals surface area contributed by atoms with Crippen LogP contribution < -0.4 is 17.2 Å². The first-order valence-electron chi connectivity index (χ1n) is 10.7. The molecule has 0 radical (unpaired) electrons. The molecule has 0 aliphatic heterocycles. The van der Waals surface area contributed by atoms with Crippen LogP contribution >= 0.6 is 0 Å². The molecule has 0 saturated heterocycles. The molecule has 4 aromatic rings. The van der Waals surface area contributed by atoms with Crippen LogP contribution in [0.2, 0.25) is 0 Å². The van der Waals surface area contributed by atoms with Crippen molar-refractivity contribution in [3.63, 3.8) is 0 Å². The predicted molar refractivity (Wildman–Crippen MR) is 140 cm³/mol. The van der Waals surface area contributed by atoms with Crippen molar-refractivity contribution in [1.29, 1.82) is 0 Å². The van der Waals surface area contributed by atoms with Crippen LogP contribution in [-0.2, 0) is 0 Å². The summed E-state index contributed by atoms with van der Waals surface area (Å²) >= 11 is 0. The SMILES string of the molecule is Nc1ccc(F)cc1.Nc1ccc(F)cc1.Nc1ccc(F)cc1.O=C(O)c1cc(C(=O)O)cc(C(=O)O)c1. The predicted octanol–water partition coefficient (Wildman–Crippen LogP) is 5.00. The van der Waals surface area contributed by atoms with E-state index in [4.69, 9.17) is 32.5 Å². The number of hydrogen-bond donors (Lipinski definition) is 6. The van der Waals surface area contributed by atoms with Gasteiger partial charge in [-0.1, -0.05) is 0 Å². The molecule has 0 aromatic heterocycles. The molecule has 0 fully saturated rings. The first-order valence-corrected chi connectivity index (χ1v) is 10.7. The van der Waals surface area contributed by atoms with E-state index in [1.807, 2.05) is 0 Å². The molecular formula is C27H24F3N3O6.